The number of nitrogens with one attached hydrogen (secondary N) is 2. The maximum atomic E-state index is 11.3. The van der Waals surface area contributed by atoms with E-state index in [1.807, 2.05) is 6.07 Å². The van der Waals surface area contributed by atoms with Crippen LogP contribution in [0.3, 0.4) is 0 Å². The first kappa shape index (κ1) is 12.2. The van der Waals surface area contributed by atoms with E-state index in [0.717, 1.165) is 3.57 Å². The fourth-order valence-electron chi connectivity index (χ4n) is 0.877. The van der Waals surface area contributed by atoms with Crippen molar-refractivity contribution in [3.05, 3.63) is 21.9 Å². The second kappa shape index (κ2) is 6.57. The molecule has 0 aromatic carbocycles. The van der Waals surface area contributed by atoms with E-state index in [9.17, 15) is 4.79 Å². The minimum absolute atomic E-state index is 0.277. The van der Waals surface area contributed by atoms with Crippen LogP contribution in [0.25, 0.3) is 0 Å². The molecular formula is C9H12IN3O2. The van der Waals surface area contributed by atoms with E-state index in [1.165, 1.54) is 0 Å². The summed E-state index contributed by atoms with van der Waals surface area (Å²) >= 11 is 2.15. The Morgan fingerprint density at radius 1 is 1.60 bits per heavy atom. The molecular weight excluding hydrogens is 309 g/mol. The molecule has 0 bridgehead atoms. The van der Waals surface area contributed by atoms with E-state index >= 15 is 0 Å². The Kier molecular flexibility index (Phi) is 5.33. The summed E-state index contributed by atoms with van der Waals surface area (Å²) in [6.45, 7) is 0.972. The fraction of sp³-hybridized carbons (Fsp3) is 0.333. The molecule has 1 rings (SSSR count). The van der Waals surface area contributed by atoms with Crippen molar-refractivity contribution < 1.29 is 9.53 Å². The lowest BCUT2D eigenvalue weighted by atomic mass is 10.5. The van der Waals surface area contributed by atoms with Gasteiger partial charge in [-0.3, -0.25) is 5.32 Å². The van der Waals surface area contributed by atoms with E-state index in [-0.39, 0.29) is 6.03 Å². The molecule has 0 saturated heterocycles. The molecule has 5 nitrogen and oxygen atoms in total. The zero-order chi connectivity index (χ0) is 11.1. The normalized spacial score (nSPS) is 9.73. The van der Waals surface area contributed by atoms with Crippen LogP contribution in [-0.2, 0) is 4.74 Å². The zero-order valence-electron chi connectivity index (χ0n) is 8.29. The van der Waals surface area contributed by atoms with E-state index in [1.54, 1.807) is 19.4 Å². The van der Waals surface area contributed by atoms with Gasteiger partial charge in [0.2, 0.25) is 0 Å². The average Bonchev–Trinajstić information content (AvgIpc) is 2.22. The molecule has 0 radical (unpaired) electrons. The van der Waals surface area contributed by atoms with Gasteiger partial charge >= 0.3 is 6.03 Å². The molecule has 82 valence electrons. The summed E-state index contributed by atoms with van der Waals surface area (Å²) in [6, 6.07) is 3.34. The molecule has 1 heterocycles. The summed E-state index contributed by atoms with van der Waals surface area (Å²) < 4.78 is 5.82. The number of pyridine rings is 1. The summed E-state index contributed by atoms with van der Waals surface area (Å²) in [5.74, 6) is 0.533. The van der Waals surface area contributed by atoms with Crippen LogP contribution < -0.4 is 10.6 Å². The molecule has 0 unspecified atom stereocenters. The van der Waals surface area contributed by atoms with Crippen LogP contribution in [0.5, 0.6) is 0 Å². The number of urea groups is 1. The van der Waals surface area contributed by atoms with Crippen molar-refractivity contribution in [3.63, 3.8) is 0 Å². The summed E-state index contributed by atoms with van der Waals surface area (Å²) in [7, 11) is 1.58. The third-order valence-corrected chi connectivity index (χ3v) is 2.20. The summed E-state index contributed by atoms with van der Waals surface area (Å²) in [5, 5.41) is 5.24. The molecule has 6 heteroatoms. The van der Waals surface area contributed by atoms with Crippen LogP contribution >= 0.6 is 22.6 Å². The number of amides is 2. The van der Waals surface area contributed by atoms with E-state index in [0.29, 0.717) is 19.0 Å². The van der Waals surface area contributed by atoms with Crippen molar-refractivity contribution in [2.75, 3.05) is 25.6 Å². The minimum Gasteiger partial charge on any atom is -0.383 e. The number of carbonyl (C=O) groups is 1. The third kappa shape index (κ3) is 4.93. The lowest BCUT2D eigenvalue weighted by Crippen LogP contribution is -2.31. The van der Waals surface area contributed by atoms with Gasteiger partial charge in [-0.1, -0.05) is 0 Å². The Balaban J connectivity index is 2.34. The highest BCUT2D eigenvalue weighted by Crippen LogP contribution is 2.06. The summed E-state index contributed by atoms with van der Waals surface area (Å²) in [5.41, 5.74) is 0. The average molecular weight is 321 g/mol. The molecule has 0 fully saturated rings. The van der Waals surface area contributed by atoms with Gasteiger partial charge in [0.05, 0.1) is 6.61 Å². The molecule has 1 aromatic heterocycles. The van der Waals surface area contributed by atoms with Crippen molar-refractivity contribution >= 4 is 34.4 Å². The minimum atomic E-state index is -0.277. The maximum Gasteiger partial charge on any atom is 0.320 e. The molecule has 0 aliphatic heterocycles. The molecule has 0 aliphatic carbocycles. The molecule has 2 N–H and O–H groups in total. The topological polar surface area (TPSA) is 63.2 Å². The first-order chi connectivity index (χ1) is 7.22. The second-order valence-electron chi connectivity index (χ2n) is 2.74. The first-order valence-corrected chi connectivity index (χ1v) is 5.45. The van der Waals surface area contributed by atoms with Gasteiger partial charge in [-0.15, -0.1) is 0 Å². The number of rotatable bonds is 4. The number of nitrogens with zero attached hydrogens (tertiary/aromatic N) is 1. The Morgan fingerprint density at radius 2 is 2.40 bits per heavy atom. The Morgan fingerprint density at radius 3 is 3.00 bits per heavy atom. The highest BCUT2D eigenvalue weighted by Gasteiger charge is 2.00. The molecule has 0 aliphatic rings. The molecule has 0 spiro atoms. The Labute approximate surface area is 102 Å². The van der Waals surface area contributed by atoms with Crippen molar-refractivity contribution in [2.45, 2.75) is 0 Å². The molecule has 15 heavy (non-hydrogen) atoms. The standard InChI is InChI=1S/C9H12IN3O2/c1-15-5-4-11-9(14)13-8-3-2-7(10)6-12-8/h2-3,6H,4-5H2,1H3,(H2,11,12,13,14). The quantitative estimate of drug-likeness (QED) is 0.652. The smallest absolute Gasteiger partial charge is 0.320 e. The second-order valence-corrected chi connectivity index (χ2v) is 3.98. The SMILES string of the molecule is COCCNC(=O)Nc1ccc(I)cn1. The predicted molar refractivity (Wildman–Crippen MR) is 65.9 cm³/mol. The predicted octanol–water partition coefficient (Wildman–Crippen LogP) is 1.45. The number of hydrogen-bond donors (Lipinski definition) is 2. The van der Waals surface area contributed by atoms with E-state index in [2.05, 4.69) is 38.2 Å². The molecule has 0 saturated carbocycles. The van der Waals surface area contributed by atoms with E-state index in [4.69, 9.17) is 4.74 Å². The van der Waals surface area contributed by atoms with Gasteiger partial charge in [0.25, 0.3) is 0 Å². The Hall–Kier alpha value is -0.890. The number of ether oxygens (including phenoxy) is 1. The lowest BCUT2D eigenvalue weighted by molar-refractivity contribution is 0.198. The van der Waals surface area contributed by atoms with Gasteiger partial charge in [-0.05, 0) is 34.7 Å². The van der Waals surface area contributed by atoms with Gasteiger partial charge < -0.3 is 10.1 Å². The monoisotopic (exact) mass is 321 g/mol. The van der Waals surface area contributed by atoms with Crippen LogP contribution in [0, 0.1) is 3.57 Å². The first-order valence-electron chi connectivity index (χ1n) is 4.37. The van der Waals surface area contributed by atoms with Crippen LogP contribution in [0.4, 0.5) is 10.6 Å². The highest BCUT2D eigenvalue weighted by molar-refractivity contribution is 14.1. The van der Waals surface area contributed by atoms with Gasteiger partial charge in [0.15, 0.2) is 0 Å². The lowest BCUT2D eigenvalue weighted by Gasteiger charge is -2.05. The van der Waals surface area contributed by atoms with Gasteiger partial charge in [-0.2, -0.15) is 0 Å². The maximum absolute atomic E-state index is 11.3. The van der Waals surface area contributed by atoms with Crippen LogP contribution in [0.2, 0.25) is 0 Å². The largest absolute Gasteiger partial charge is 0.383 e. The number of hydrogen-bond acceptors (Lipinski definition) is 3. The molecule has 1 aromatic rings. The van der Waals surface area contributed by atoms with Gasteiger partial charge in [0.1, 0.15) is 5.82 Å². The summed E-state index contributed by atoms with van der Waals surface area (Å²) in [6.07, 6.45) is 1.69. The fourth-order valence-corrected chi connectivity index (χ4v) is 1.20. The highest BCUT2D eigenvalue weighted by atomic mass is 127. The number of methoxy groups -OCH3 is 1. The number of aromatic nitrogens is 1. The third-order valence-electron chi connectivity index (χ3n) is 1.56. The van der Waals surface area contributed by atoms with E-state index < -0.39 is 0 Å². The Bertz CT molecular complexity index is 316. The van der Waals surface area contributed by atoms with Crippen molar-refractivity contribution in [1.82, 2.24) is 10.3 Å². The number of halogens is 1. The van der Waals surface area contributed by atoms with Crippen LogP contribution in [0.1, 0.15) is 0 Å². The number of carbonyl (C=O) groups excluding carboxylic acids is 1. The zero-order valence-corrected chi connectivity index (χ0v) is 10.4. The van der Waals surface area contributed by atoms with Crippen molar-refractivity contribution in [1.29, 1.82) is 0 Å². The summed E-state index contributed by atoms with van der Waals surface area (Å²) in [4.78, 5) is 15.3. The van der Waals surface area contributed by atoms with Crippen molar-refractivity contribution in [3.8, 4) is 0 Å². The number of anilines is 1. The van der Waals surface area contributed by atoms with Crippen molar-refractivity contribution in [2.24, 2.45) is 0 Å². The van der Waals surface area contributed by atoms with Crippen LogP contribution in [0.15, 0.2) is 18.3 Å². The van der Waals surface area contributed by atoms with Crippen LogP contribution in [-0.4, -0.2) is 31.3 Å². The van der Waals surface area contributed by atoms with Gasteiger partial charge in [0, 0.05) is 23.4 Å². The molecule has 2 amide bonds. The van der Waals surface area contributed by atoms with Gasteiger partial charge in [-0.25, -0.2) is 9.78 Å². The molecule has 0 atom stereocenters.